The molecule has 100 valence electrons. The number of nitrogens with two attached hydrogens (primary N) is 1. The van der Waals surface area contributed by atoms with Gasteiger partial charge < -0.3 is 15.2 Å². The fraction of sp³-hybridized carbons (Fsp3) is 0.500. The minimum Gasteiger partial charge on any atom is -0.493 e. The molecule has 1 unspecified atom stereocenters. The molecule has 4 nitrogen and oxygen atoms in total. The molecule has 0 aliphatic rings. The van der Waals surface area contributed by atoms with E-state index in [1.807, 2.05) is 19.9 Å². The SMILES string of the molecule is COc1cc(C)c(C(=O)CCC(C)N)cc1OC. The highest BCUT2D eigenvalue weighted by atomic mass is 16.5. The lowest BCUT2D eigenvalue weighted by Crippen LogP contribution is -2.16. The Labute approximate surface area is 108 Å². The van der Waals surface area contributed by atoms with Gasteiger partial charge in [0.15, 0.2) is 17.3 Å². The maximum Gasteiger partial charge on any atom is 0.163 e. The highest BCUT2D eigenvalue weighted by Gasteiger charge is 2.14. The summed E-state index contributed by atoms with van der Waals surface area (Å²) in [4.78, 5) is 12.1. The van der Waals surface area contributed by atoms with Crippen LogP contribution in [0.15, 0.2) is 12.1 Å². The Hall–Kier alpha value is -1.55. The van der Waals surface area contributed by atoms with E-state index in [0.29, 0.717) is 29.9 Å². The second-order valence-electron chi connectivity index (χ2n) is 4.46. The molecular weight excluding hydrogens is 230 g/mol. The van der Waals surface area contributed by atoms with Gasteiger partial charge in [-0.15, -0.1) is 0 Å². The highest BCUT2D eigenvalue weighted by Crippen LogP contribution is 2.30. The molecule has 1 aromatic carbocycles. The van der Waals surface area contributed by atoms with E-state index in [9.17, 15) is 4.79 Å². The third-order valence-electron chi connectivity index (χ3n) is 2.86. The van der Waals surface area contributed by atoms with Gasteiger partial charge in [0.2, 0.25) is 0 Å². The monoisotopic (exact) mass is 251 g/mol. The molecular formula is C14H21NO3. The number of aryl methyl sites for hydroxylation is 1. The topological polar surface area (TPSA) is 61.5 Å². The summed E-state index contributed by atoms with van der Waals surface area (Å²) in [5.41, 5.74) is 7.23. The molecule has 1 aromatic rings. The zero-order valence-electron chi connectivity index (χ0n) is 11.4. The number of carbonyl (C=O) groups excluding carboxylic acids is 1. The molecule has 0 amide bonds. The Balaban J connectivity index is 2.98. The van der Waals surface area contributed by atoms with Crippen LogP contribution in [0.5, 0.6) is 11.5 Å². The van der Waals surface area contributed by atoms with Crippen LogP contribution >= 0.6 is 0 Å². The number of ketones is 1. The van der Waals surface area contributed by atoms with Crippen LogP contribution in [0.3, 0.4) is 0 Å². The Kier molecular flexibility index (Phi) is 5.16. The van der Waals surface area contributed by atoms with Crippen LogP contribution < -0.4 is 15.2 Å². The normalized spacial score (nSPS) is 12.1. The number of carbonyl (C=O) groups is 1. The Morgan fingerprint density at radius 3 is 2.33 bits per heavy atom. The van der Waals surface area contributed by atoms with Crippen LogP contribution in [-0.2, 0) is 0 Å². The van der Waals surface area contributed by atoms with Crippen molar-refractivity contribution in [2.24, 2.45) is 5.73 Å². The zero-order chi connectivity index (χ0) is 13.7. The van der Waals surface area contributed by atoms with Gasteiger partial charge in [0, 0.05) is 18.0 Å². The Bertz CT molecular complexity index is 427. The largest absolute Gasteiger partial charge is 0.493 e. The number of methoxy groups -OCH3 is 2. The first-order valence-corrected chi connectivity index (χ1v) is 6.01. The van der Waals surface area contributed by atoms with Crippen molar-refractivity contribution < 1.29 is 14.3 Å². The molecule has 0 bridgehead atoms. The van der Waals surface area contributed by atoms with Crippen LogP contribution in [-0.4, -0.2) is 26.0 Å². The molecule has 0 heterocycles. The van der Waals surface area contributed by atoms with Crippen molar-refractivity contribution in [1.29, 1.82) is 0 Å². The molecule has 0 saturated heterocycles. The van der Waals surface area contributed by atoms with Gasteiger partial charge in [-0.1, -0.05) is 0 Å². The minimum absolute atomic E-state index is 0.0365. The van der Waals surface area contributed by atoms with Crippen LogP contribution in [0.2, 0.25) is 0 Å². The van der Waals surface area contributed by atoms with Crippen LogP contribution in [0, 0.1) is 6.92 Å². The first-order chi connectivity index (χ1) is 8.49. The van der Waals surface area contributed by atoms with Gasteiger partial charge in [-0.25, -0.2) is 0 Å². The van der Waals surface area contributed by atoms with E-state index in [4.69, 9.17) is 15.2 Å². The fourth-order valence-corrected chi connectivity index (χ4v) is 1.77. The molecule has 0 saturated carbocycles. The van der Waals surface area contributed by atoms with Crippen molar-refractivity contribution in [2.75, 3.05) is 14.2 Å². The molecule has 0 spiro atoms. The summed E-state index contributed by atoms with van der Waals surface area (Å²) in [6.07, 6.45) is 1.14. The van der Waals surface area contributed by atoms with Gasteiger partial charge in [-0.2, -0.15) is 0 Å². The maximum atomic E-state index is 12.1. The number of benzene rings is 1. The van der Waals surface area contributed by atoms with E-state index < -0.39 is 0 Å². The van der Waals surface area contributed by atoms with Crippen molar-refractivity contribution >= 4 is 5.78 Å². The average Bonchev–Trinajstić information content (AvgIpc) is 2.35. The summed E-state index contributed by atoms with van der Waals surface area (Å²) in [7, 11) is 3.14. The Morgan fingerprint density at radius 1 is 1.28 bits per heavy atom. The first kappa shape index (κ1) is 14.5. The van der Waals surface area contributed by atoms with Crippen molar-refractivity contribution in [2.45, 2.75) is 32.7 Å². The lowest BCUT2D eigenvalue weighted by molar-refractivity contribution is 0.0977. The number of Topliss-reactive ketones (excluding diaryl/α,β-unsaturated/α-hetero) is 1. The first-order valence-electron chi connectivity index (χ1n) is 6.01. The molecule has 2 N–H and O–H groups in total. The quantitative estimate of drug-likeness (QED) is 0.788. The summed E-state index contributed by atoms with van der Waals surface area (Å²) in [5, 5.41) is 0. The van der Waals surface area contributed by atoms with Crippen LogP contribution in [0.4, 0.5) is 0 Å². The highest BCUT2D eigenvalue weighted by molar-refractivity contribution is 5.98. The summed E-state index contributed by atoms with van der Waals surface area (Å²) in [5.74, 6) is 1.30. The number of hydrogen-bond acceptors (Lipinski definition) is 4. The predicted molar refractivity (Wildman–Crippen MR) is 71.5 cm³/mol. The molecule has 0 aliphatic carbocycles. The van der Waals surface area contributed by atoms with Gasteiger partial charge in [0.25, 0.3) is 0 Å². The number of rotatable bonds is 6. The van der Waals surface area contributed by atoms with Crippen molar-refractivity contribution in [3.8, 4) is 11.5 Å². The summed E-state index contributed by atoms with van der Waals surface area (Å²) in [6.45, 7) is 3.79. The molecule has 0 aliphatic heterocycles. The summed E-state index contributed by atoms with van der Waals surface area (Å²) >= 11 is 0. The van der Waals surface area contributed by atoms with Crippen LogP contribution in [0.25, 0.3) is 0 Å². The lowest BCUT2D eigenvalue weighted by Gasteiger charge is -2.12. The van der Waals surface area contributed by atoms with E-state index in [1.54, 1.807) is 20.3 Å². The summed E-state index contributed by atoms with van der Waals surface area (Å²) < 4.78 is 10.4. The average molecular weight is 251 g/mol. The van der Waals surface area contributed by atoms with E-state index in [2.05, 4.69) is 0 Å². The Morgan fingerprint density at radius 2 is 1.83 bits per heavy atom. The molecule has 0 fully saturated rings. The van der Waals surface area contributed by atoms with Gasteiger partial charge in [0.05, 0.1) is 14.2 Å². The fourth-order valence-electron chi connectivity index (χ4n) is 1.77. The van der Waals surface area contributed by atoms with Gasteiger partial charge in [-0.05, 0) is 38.0 Å². The van der Waals surface area contributed by atoms with Gasteiger partial charge >= 0.3 is 0 Å². The molecule has 18 heavy (non-hydrogen) atoms. The predicted octanol–water partition coefficient (Wildman–Crippen LogP) is 2.32. The second-order valence-corrected chi connectivity index (χ2v) is 4.46. The molecule has 0 radical (unpaired) electrons. The van der Waals surface area contributed by atoms with Crippen LogP contribution in [0.1, 0.15) is 35.7 Å². The zero-order valence-corrected chi connectivity index (χ0v) is 11.4. The van der Waals surface area contributed by atoms with Gasteiger partial charge in [0.1, 0.15) is 0 Å². The summed E-state index contributed by atoms with van der Waals surface area (Å²) in [6, 6.07) is 3.59. The minimum atomic E-state index is 0.0365. The van der Waals surface area contributed by atoms with E-state index in [-0.39, 0.29) is 11.8 Å². The van der Waals surface area contributed by atoms with E-state index in [1.165, 1.54) is 0 Å². The van der Waals surface area contributed by atoms with Gasteiger partial charge in [-0.3, -0.25) is 4.79 Å². The lowest BCUT2D eigenvalue weighted by atomic mass is 9.99. The molecule has 4 heteroatoms. The second kappa shape index (κ2) is 6.40. The number of hydrogen-bond donors (Lipinski definition) is 1. The number of ether oxygens (including phenoxy) is 2. The standard InChI is InChI=1S/C14H21NO3/c1-9-7-13(17-3)14(18-4)8-11(9)12(16)6-5-10(2)15/h7-8,10H,5-6,15H2,1-4H3. The molecule has 1 rings (SSSR count). The smallest absolute Gasteiger partial charge is 0.163 e. The van der Waals surface area contributed by atoms with E-state index >= 15 is 0 Å². The maximum absolute atomic E-state index is 12.1. The van der Waals surface area contributed by atoms with Crippen molar-refractivity contribution in [1.82, 2.24) is 0 Å². The third-order valence-corrected chi connectivity index (χ3v) is 2.86. The molecule has 1 atom stereocenters. The van der Waals surface area contributed by atoms with Crippen molar-refractivity contribution in [3.05, 3.63) is 23.3 Å². The third kappa shape index (κ3) is 3.47. The van der Waals surface area contributed by atoms with E-state index in [0.717, 1.165) is 5.56 Å². The van der Waals surface area contributed by atoms with Crippen molar-refractivity contribution in [3.63, 3.8) is 0 Å². The molecule has 0 aromatic heterocycles.